The van der Waals surface area contributed by atoms with Crippen LogP contribution in [0.15, 0.2) is 53.6 Å². The summed E-state index contributed by atoms with van der Waals surface area (Å²) in [4.78, 5) is 29.2. The first-order chi connectivity index (χ1) is 15.1. The monoisotopic (exact) mass is 476 g/mol. The molecule has 1 heterocycles. The van der Waals surface area contributed by atoms with Crippen molar-refractivity contribution in [3.05, 3.63) is 54.2 Å². The molecular formula is C23H32N4O5S. The lowest BCUT2D eigenvalue weighted by Gasteiger charge is -2.23. The first-order valence-electron chi connectivity index (χ1n) is 10.5. The number of nitrogens with one attached hydrogen (secondary N) is 3. The highest BCUT2D eigenvalue weighted by Gasteiger charge is 2.26. The van der Waals surface area contributed by atoms with Gasteiger partial charge in [0.05, 0.1) is 0 Å². The molecule has 0 radical (unpaired) electrons. The second kappa shape index (κ2) is 10.3. The molecular weight excluding hydrogens is 444 g/mol. The van der Waals surface area contributed by atoms with Crippen LogP contribution >= 0.6 is 0 Å². The van der Waals surface area contributed by atoms with Gasteiger partial charge in [0, 0.05) is 18.2 Å². The second-order valence-electron chi connectivity index (χ2n) is 9.61. The molecule has 0 aliphatic carbocycles. The zero-order valence-electron chi connectivity index (χ0n) is 19.8. The van der Waals surface area contributed by atoms with Crippen LogP contribution < -0.4 is 15.4 Å². The predicted octanol–water partition coefficient (Wildman–Crippen LogP) is 3.23. The molecule has 0 unspecified atom stereocenters. The van der Waals surface area contributed by atoms with E-state index in [0.717, 1.165) is 11.8 Å². The maximum Gasteiger partial charge on any atom is 0.408 e. The molecule has 2 aromatic rings. The summed E-state index contributed by atoms with van der Waals surface area (Å²) in [6, 6.07) is 11.0. The Labute approximate surface area is 195 Å². The Balaban J connectivity index is 2.16. The number of ether oxygens (including phenoxy) is 1. The van der Waals surface area contributed by atoms with Crippen molar-refractivity contribution in [3.63, 3.8) is 0 Å². The smallest absolute Gasteiger partial charge is 0.408 e. The van der Waals surface area contributed by atoms with Crippen molar-refractivity contribution in [3.8, 4) is 0 Å². The molecule has 33 heavy (non-hydrogen) atoms. The van der Waals surface area contributed by atoms with E-state index in [1.54, 1.807) is 41.5 Å². The third-order valence-corrected chi connectivity index (χ3v) is 5.77. The van der Waals surface area contributed by atoms with E-state index < -0.39 is 39.2 Å². The standard InChI is InChI=1S/C23H32N4O5S/c1-22(2,3)27-33(30,31)17-12-13-19(24-15-17)26-20(28)18(14-16-10-8-7-9-11-16)25-21(29)32-23(4,5)6/h7-13,15,18,27H,14H2,1-6H3,(H,25,29)(H,24,26,28)/t18-/m0/s1. The molecule has 0 spiro atoms. The van der Waals surface area contributed by atoms with Crippen molar-refractivity contribution in [2.45, 2.75) is 70.0 Å². The average Bonchev–Trinajstić information content (AvgIpc) is 2.65. The summed E-state index contributed by atoms with van der Waals surface area (Å²) in [6.45, 7) is 10.4. The zero-order chi connectivity index (χ0) is 24.9. The van der Waals surface area contributed by atoms with Gasteiger partial charge in [-0.3, -0.25) is 4.79 Å². The number of amides is 2. The lowest BCUT2D eigenvalue weighted by molar-refractivity contribution is -0.118. The van der Waals surface area contributed by atoms with Crippen LogP contribution in [0, 0.1) is 0 Å². The molecule has 0 aliphatic heterocycles. The molecule has 180 valence electrons. The maximum absolute atomic E-state index is 12.9. The largest absolute Gasteiger partial charge is 0.444 e. The molecule has 2 rings (SSSR count). The number of hydrogen-bond donors (Lipinski definition) is 3. The summed E-state index contributed by atoms with van der Waals surface area (Å²) in [5.74, 6) is -0.362. The van der Waals surface area contributed by atoms with E-state index in [1.807, 2.05) is 30.3 Å². The fourth-order valence-corrected chi connectivity index (χ4v) is 4.16. The molecule has 2 amide bonds. The Hall–Kier alpha value is -2.98. The molecule has 9 nitrogen and oxygen atoms in total. The second-order valence-corrected chi connectivity index (χ2v) is 11.3. The summed E-state index contributed by atoms with van der Waals surface area (Å²) in [6.07, 6.45) is 0.673. The Kier molecular flexibility index (Phi) is 8.20. The summed E-state index contributed by atoms with van der Waals surface area (Å²) in [5.41, 5.74) is -0.526. The highest BCUT2D eigenvalue weighted by molar-refractivity contribution is 7.89. The number of pyridine rings is 1. The number of rotatable bonds is 7. The van der Waals surface area contributed by atoms with Gasteiger partial charge in [-0.2, -0.15) is 0 Å². The Morgan fingerprint density at radius 3 is 2.15 bits per heavy atom. The Morgan fingerprint density at radius 1 is 1.00 bits per heavy atom. The number of sulfonamides is 1. The average molecular weight is 477 g/mol. The van der Waals surface area contributed by atoms with E-state index >= 15 is 0 Å². The van der Waals surface area contributed by atoms with Gasteiger partial charge < -0.3 is 15.4 Å². The van der Waals surface area contributed by atoms with Gasteiger partial charge in [-0.25, -0.2) is 22.9 Å². The van der Waals surface area contributed by atoms with Crippen LogP contribution in [0.5, 0.6) is 0 Å². The lowest BCUT2D eigenvalue weighted by atomic mass is 10.1. The van der Waals surface area contributed by atoms with Crippen molar-refractivity contribution in [1.29, 1.82) is 0 Å². The molecule has 3 N–H and O–H groups in total. The summed E-state index contributed by atoms with van der Waals surface area (Å²) in [5, 5.41) is 5.22. The molecule has 1 aromatic carbocycles. The predicted molar refractivity (Wildman–Crippen MR) is 126 cm³/mol. The first-order valence-corrected chi connectivity index (χ1v) is 12.0. The SMILES string of the molecule is CC(C)(C)NS(=O)(=O)c1ccc(NC(=O)[C@H](Cc2ccccc2)NC(=O)OC(C)(C)C)nc1. The third kappa shape index (κ3) is 9.19. The van der Waals surface area contributed by atoms with E-state index in [-0.39, 0.29) is 17.1 Å². The van der Waals surface area contributed by atoms with Gasteiger partial charge >= 0.3 is 6.09 Å². The third-order valence-electron chi connectivity index (χ3n) is 4.03. The number of benzene rings is 1. The minimum Gasteiger partial charge on any atom is -0.444 e. The molecule has 1 atom stereocenters. The number of aromatic nitrogens is 1. The molecule has 0 saturated carbocycles. The van der Waals surface area contributed by atoms with E-state index in [9.17, 15) is 18.0 Å². The van der Waals surface area contributed by atoms with Gasteiger partial charge in [0.25, 0.3) is 0 Å². The number of hydrogen-bond acceptors (Lipinski definition) is 6. The van der Waals surface area contributed by atoms with Gasteiger partial charge in [0.15, 0.2) is 0 Å². The van der Waals surface area contributed by atoms with E-state index in [4.69, 9.17) is 4.74 Å². The molecule has 10 heteroatoms. The van der Waals surface area contributed by atoms with Crippen molar-refractivity contribution >= 4 is 27.8 Å². The van der Waals surface area contributed by atoms with E-state index in [0.29, 0.717) is 0 Å². The van der Waals surface area contributed by atoms with E-state index in [1.165, 1.54) is 12.1 Å². The molecule has 0 bridgehead atoms. The Bertz CT molecular complexity index is 1060. The number of carbonyl (C=O) groups excluding carboxylic acids is 2. The fourth-order valence-electron chi connectivity index (χ4n) is 2.80. The maximum atomic E-state index is 12.9. The van der Waals surface area contributed by atoms with Crippen molar-refractivity contribution in [2.75, 3.05) is 5.32 Å². The normalized spacial score (nSPS) is 13.2. The van der Waals surface area contributed by atoms with Crippen LogP contribution in [0.2, 0.25) is 0 Å². The van der Waals surface area contributed by atoms with Crippen LogP contribution in [0.4, 0.5) is 10.6 Å². The zero-order valence-corrected chi connectivity index (χ0v) is 20.6. The summed E-state index contributed by atoms with van der Waals surface area (Å²) < 4.78 is 32.7. The van der Waals surface area contributed by atoms with Crippen LogP contribution in [-0.2, 0) is 26.0 Å². The van der Waals surface area contributed by atoms with Gasteiger partial charge in [-0.05, 0) is 59.2 Å². The molecule has 1 aromatic heterocycles. The number of alkyl carbamates (subject to hydrolysis) is 1. The molecule has 0 fully saturated rings. The van der Waals surface area contributed by atoms with Gasteiger partial charge in [0.1, 0.15) is 22.4 Å². The van der Waals surface area contributed by atoms with Crippen molar-refractivity contribution in [2.24, 2.45) is 0 Å². The van der Waals surface area contributed by atoms with Crippen molar-refractivity contribution < 1.29 is 22.7 Å². The quantitative estimate of drug-likeness (QED) is 0.563. The topological polar surface area (TPSA) is 126 Å². The summed E-state index contributed by atoms with van der Waals surface area (Å²) in [7, 11) is -3.75. The van der Waals surface area contributed by atoms with Gasteiger partial charge in [0.2, 0.25) is 15.9 Å². The van der Waals surface area contributed by atoms with Gasteiger partial charge in [-0.1, -0.05) is 30.3 Å². The van der Waals surface area contributed by atoms with Crippen LogP contribution in [0.1, 0.15) is 47.1 Å². The highest BCUT2D eigenvalue weighted by Crippen LogP contribution is 2.15. The fraction of sp³-hybridized carbons (Fsp3) is 0.435. The van der Waals surface area contributed by atoms with Crippen molar-refractivity contribution in [1.82, 2.24) is 15.0 Å². The van der Waals surface area contributed by atoms with Crippen LogP contribution in [0.3, 0.4) is 0 Å². The number of nitrogens with zero attached hydrogens (tertiary/aromatic N) is 1. The first kappa shape index (κ1) is 26.3. The highest BCUT2D eigenvalue weighted by atomic mass is 32.2. The Morgan fingerprint density at radius 2 is 1.64 bits per heavy atom. The number of anilines is 1. The van der Waals surface area contributed by atoms with Gasteiger partial charge in [-0.15, -0.1) is 0 Å². The van der Waals surface area contributed by atoms with Crippen LogP contribution in [0.25, 0.3) is 0 Å². The van der Waals surface area contributed by atoms with Crippen LogP contribution in [-0.4, -0.2) is 42.6 Å². The van der Waals surface area contributed by atoms with E-state index in [2.05, 4.69) is 20.3 Å². The minimum absolute atomic E-state index is 0.0249. The molecule has 0 saturated heterocycles. The number of carbonyl (C=O) groups is 2. The lowest BCUT2D eigenvalue weighted by Crippen LogP contribution is -2.47. The summed E-state index contributed by atoms with van der Waals surface area (Å²) >= 11 is 0. The molecule has 0 aliphatic rings. The minimum atomic E-state index is -3.75.